The summed E-state index contributed by atoms with van der Waals surface area (Å²) in [4.78, 5) is 33.2. The third-order valence-corrected chi connectivity index (χ3v) is 8.01. The predicted molar refractivity (Wildman–Crippen MR) is 137 cm³/mol. The van der Waals surface area contributed by atoms with E-state index in [0.717, 1.165) is 42.9 Å². The van der Waals surface area contributed by atoms with Crippen LogP contribution >= 0.6 is 35.3 Å². The Hall–Kier alpha value is -2.75. The summed E-state index contributed by atoms with van der Waals surface area (Å²) in [5.74, 6) is 0.313. The topological polar surface area (TPSA) is 60.1 Å². The first-order valence-electron chi connectivity index (χ1n) is 10.7. The molecule has 4 aromatic rings. The van der Waals surface area contributed by atoms with Crippen LogP contribution < -0.4 is 5.56 Å². The highest BCUT2D eigenvalue weighted by atomic mass is 32.2. The van der Waals surface area contributed by atoms with Gasteiger partial charge in [0.1, 0.15) is 4.70 Å². The number of nitrogens with zero attached hydrogens (tertiary/aromatic N) is 4. The van der Waals surface area contributed by atoms with E-state index in [1.807, 2.05) is 71.0 Å². The second-order valence-electron chi connectivity index (χ2n) is 7.89. The van der Waals surface area contributed by atoms with Crippen LogP contribution in [0.5, 0.6) is 0 Å². The molecule has 1 saturated heterocycles. The molecule has 0 radical (unpaired) electrons. The highest BCUT2D eigenvalue weighted by molar-refractivity contribution is 7.99. The Morgan fingerprint density at radius 2 is 1.76 bits per heavy atom. The van der Waals surface area contributed by atoms with Gasteiger partial charge in [0.15, 0.2) is 14.8 Å². The number of amides is 1. The number of carbonyl (C=O) groups is 1. The molecule has 0 unspecified atom stereocenters. The summed E-state index contributed by atoms with van der Waals surface area (Å²) in [5, 5.41) is 0.487. The SMILES string of the molecule is Cc1ccccc1-n1c(=S)sc2c(=O)n(-c3ccccc3)c(SCC(=O)N3CCCC3)nc21. The Balaban J connectivity index is 1.68. The number of benzene rings is 2. The zero-order chi connectivity index (χ0) is 22.9. The van der Waals surface area contributed by atoms with Gasteiger partial charge in [-0.1, -0.05) is 59.5 Å². The molecule has 1 fully saturated rings. The molecule has 5 rings (SSSR count). The highest BCUT2D eigenvalue weighted by Gasteiger charge is 2.22. The van der Waals surface area contributed by atoms with Crippen LogP contribution in [0.15, 0.2) is 64.5 Å². The van der Waals surface area contributed by atoms with Gasteiger partial charge in [0.05, 0.1) is 17.1 Å². The second kappa shape index (κ2) is 9.24. The average Bonchev–Trinajstić information content (AvgIpc) is 3.47. The van der Waals surface area contributed by atoms with E-state index in [1.165, 1.54) is 23.1 Å². The number of carbonyl (C=O) groups excluding carboxylic acids is 1. The summed E-state index contributed by atoms with van der Waals surface area (Å²) in [6, 6.07) is 17.3. The Kier molecular flexibility index (Phi) is 6.18. The number of aryl methyl sites for hydroxylation is 1. The van der Waals surface area contributed by atoms with Crippen molar-refractivity contribution < 1.29 is 4.79 Å². The first-order valence-corrected chi connectivity index (χ1v) is 13.0. The van der Waals surface area contributed by atoms with Gasteiger partial charge in [-0.05, 0) is 55.7 Å². The minimum absolute atomic E-state index is 0.0764. The molecule has 0 atom stereocenters. The molecule has 9 heteroatoms. The summed E-state index contributed by atoms with van der Waals surface area (Å²) >= 11 is 8.23. The molecule has 2 aromatic carbocycles. The number of thiazole rings is 1. The number of aromatic nitrogens is 3. The maximum absolute atomic E-state index is 13.7. The summed E-state index contributed by atoms with van der Waals surface area (Å²) in [7, 11) is 0. The first kappa shape index (κ1) is 22.1. The van der Waals surface area contributed by atoms with Crippen molar-refractivity contribution in [3.8, 4) is 11.4 Å². The monoisotopic (exact) mass is 494 g/mol. The van der Waals surface area contributed by atoms with E-state index < -0.39 is 0 Å². The standard InChI is InChI=1S/C24H22N4O2S3/c1-16-9-5-6-12-18(16)28-21-20(33-24(28)31)22(30)27(17-10-3-2-4-11-17)23(25-21)32-15-19(29)26-13-7-8-14-26/h2-6,9-12H,7-8,13-15H2,1H3. The Morgan fingerprint density at radius 1 is 1.06 bits per heavy atom. The molecule has 0 aliphatic carbocycles. The van der Waals surface area contributed by atoms with Gasteiger partial charge in [0.25, 0.3) is 5.56 Å². The predicted octanol–water partition coefficient (Wildman–Crippen LogP) is 4.99. The van der Waals surface area contributed by atoms with Crippen LogP contribution in [0.1, 0.15) is 18.4 Å². The van der Waals surface area contributed by atoms with E-state index in [2.05, 4.69) is 0 Å². The number of fused-ring (bicyclic) bond motifs is 1. The number of para-hydroxylation sites is 2. The molecular weight excluding hydrogens is 472 g/mol. The van der Waals surface area contributed by atoms with E-state index in [0.29, 0.717) is 19.5 Å². The van der Waals surface area contributed by atoms with Gasteiger partial charge in [0.2, 0.25) is 5.91 Å². The Labute approximate surface area is 204 Å². The summed E-state index contributed by atoms with van der Waals surface area (Å²) in [6.07, 6.45) is 2.09. The molecule has 2 aromatic heterocycles. The maximum Gasteiger partial charge on any atom is 0.278 e. The van der Waals surface area contributed by atoms with Crippen LogP contribution in [-0.4, -0.2) is 43.8 Å². The molecule has 33 heavy (non-hydrogen) atoms. The average molecular weight is 495 g/mol. The largest absolute Gasteiger partial charge is 0.342 e. The van der Waals surface area contributed by atoms with E-state index >= 15 is 0 Å². The molecule has 0 N–H and O–H groups in total. The van der Waals surface area contributed by atoms with Crippen molar-refractivity contribution in [1.82, 2.24) is 19.0 Å². The number of likely N-dealkylation sites (tertiary alicyclic amines) is 1. The van der Waals surface area contributed by atoms with E-state index in [4.69, 9.17) is 17.2 Å². The zero-order valence-corrected chi connectivity index (χ0v) is 20.5. The van der Waals surface area contributed by atoms with Crippen LogP contribution in [0.4, 0.5) is 0 Å². The number of hydrogen-bond acceptors (Lipinski definition) is 6. The molecule has 168 valence electrons. The normalized spacial score (nSPS) is 13.7. The van der Waals surface area contributed by atoms with Crippen molar-refractivity contribution in [1.29, 1.82) is 0 Å². The molecule has 1 amide bonds. The van der Waals surface area contributed by atoms with Crippen molar-refractivity contribution in [3.05, 3.63) is 74.5 Å². The molecule has 0 spiro atoms. The van der Waals surface area contributed by atoms with Crippen molar-refractivity contribution in [2.75, 3.05) is 18.8 Å². The summed E-state index contributed by atoms with van der Waals surface area (Å²) in [5.41, 5.74) is 3.02. The maximum atomic E-state index is 13.7. The molecule has 1 aliphatic heterocycles. The number of thioether (sulfide) groups is 1. The lowest BCUT2D eigenvalue weighted by Crippen LogP contribution is -2.29. The smallest absolute Gasteiger partial charge is 0.278 e. The number of hydrogen-bond donors (Lipinski definition) is 0. The van der Waals surface area contributed by atoms with Gasteiger partial charge in [0, 0.05) is 13.1 Å². The van der Waals surface area contributed by atoms with Gasteiger partial charge < -0.3 is 4.90 Å². The summed E-state index contributed by atoms with van der Waals surface area (Å²) in [6.45, 7) is 3.61. The highest BCUT2D eigenvalue weighted by Crippen LogP contribution is 2.28. The minimum atomic E-state index is -0.175. The fourth-order valence-electron chi connectivity index (χ4n) is 4.05. The zero-order valence-electron chi connectivity index (χ0n) is 18.1. The van der Waals surface area contributed by atoms with Gasteiger partial charge in [-0.25, -0.2) is 4.98 Å². The van der Waals surface area contributed by atoms with Crippen molar-refractivity contribution in [3.63, 3.8) is 0 Å². The third-order valence-electron chi connectivity index (χ3n) is 5.73. The van der Waals surface area contributed by atoms with E-state index in [-0.39, 0.29) is 17.2 Å². The Morgan fingerprint density at radius 3 is 2.48 bits per heavy atom. The van der Waals surface area contributed by atoms with Gasteiger partial charge in [-0.2, -0.15) is 0 Å². The van der Waals surface area contributed by atoms with E-state index in [9.17, 15) is 9.59 Å². The van der Waals surface area contributed by atoms with Crippen LogP contribution in [0, 0.1) is 10.9 Å². The fourth-order valence-corrected chi connectivity index (χ4v) is 6.24. The molecule has 1 aliphatic rings. The Bertz CT molecular complexity index is 1450. The lowest BCUT2D eigenvalue weighted by molar-refractivity contribution is -0.127. The molecule has 6 nitrogen and oxygen atoms in total. The van der Waals surface area contributed by atoms with Gasteiger partial charge in [-0.15, -0.1) is 0 Å². The third kappa shape index (κ3) is 4.16. The van der Waals surface area contributed by atoms with Crippen LogP contribution in [0.3, 0.4) is 0 Å². The van der Waals surface area contributed by atoms with Crippen LogP contribution in [0.2, 0.25) is 0 Å². The van der Waals surface area contributed by atoms with Crippen molar-refractivity contribution in [2.45, 2.75) is 24.9 Å². The van der Waals surface area contributed by atoms with Gasteiger partial charge >= 0.3 is 0 Å². The summed E-state index contributed by atoms with van der Waals surface area (Å²) < 4.78 is 4.53. The lowest BCUT2D eigenvalue weighted by atomic mass is 10.2. The lowest BCUT2D eigenvalue weighted by Gasteiger charge is -2.16. The molecule has 0 saturated carbocycles. The molecular formula is C24H22N4O2S3. The van der Waals surface area contributed by atoms with Crippen LogP contribution in [0.25, 0.3) is 21.7 Å². The first-order chi connectivity index (χ1) is 16.0. The van der Waals surface area contributed by atoms with E-state index in [1.54, 1.807) is 4.57 Å². The molecule has 0 bridgehead atoms. The molecule has 3 heterocycles. The fraction of sp³-hybridized carbons (Fsp3) is 0.250. The van der Waals surface area contributed by atoms with Crippen molar-refractivity contribution in [2.24, 2.45) is 0 Å². The second-order valence-corrected chi connectivity index (χ2v) is 10.5. The quantitative estimate of drug-likeness (QED) is 0.222. The van der Waals surface area contributed by atoms with Crippen LogP contribution in [-0.2, 0) is 4.79 Å². The minimum Gasteiger partial charge on any atom is -0.342 e. The van der Waals surface area contributed by atoms with Crippen molar-refractivity contribution >= 4 is 51.6 Å². The van der Waals surface area contributed by atoms with Gasteiger partial charge in [-0.3, -0.25) is 18.7 Å². The number of rotatable bonds is 5.